The highest BCUT2D eigenvalue weighted by Gasteiger charge is 2.13. The van der Waals surface area contributed by atoms with Gasteiger partial charge in [-0.1, -0.05) is 22.0 Å². The fourth-order valence-corrected chi connectivity index (χ4v) is 1.54. The summed E-state index contributed by atoms with van der Waals surface area (Å²) in [7, 11) is 0. The summed E-state index contributed by atoms with van der Waals surface area (Å²) in [6.07, 6.45) is 0.224. The number of Topliss-reactive ketones (excluding diaryl/α,β-unsaturated/α-hetero) is 1. The smallest absolute Gasteiger partial charge is 0.341 e. The molecule has 0 bridgehead atoms. The highest BCUT2D eigenvalue weighted by atomic mass is 79.9. The molecule has 0 aliphatic carbocycles. The lowest BCUT2D eigenvalue weighted by Crippen LogP contribution is -2.07. The van der Waals surface area contributed by atoms with E-state index in [1.54, 1.807) is 13.0 Å². The van der Waals surface area contributed by atoms with Gasteiger partial charge in [0.25, 0.3) is 0 Å². The number of phenols is 1. The number of esters is 1. The van der Waals surface area contributed by atoms with Crippen molar-refractivity contribution in [1.29, 1.82) is 0 Å². The number of benzene rings is 1. The molecular formula is C12H13BrO4. The van der Waals surface area contributed by atoms with E-state index >= 15 is 0 Å². The number of ether oxygens (including phenoxy) is 1. The van der Waals surface area contributed by atoms with Gasteiger partial charge in [0.1, 0.15) is 17.1 Å². The number of ketones is 1. The first-order valence-electron chi connectivity index (χ1n) is 5.15. The van der Waals surface area contributed by atoms with Crippen LogP contribution in [0.4, 0.5) is 0 Å². The van der Waals surface area contributed by atoms with E-state index in [1.807, 2.05) is 0 Å². The fourth-order valence-electron chi connectivity index (χ4n) is 1.34. The van der Waals surface area contributed by atoms with Crippen molar-refractivity contribution in [3.63, 3.8) is 0 Å². The van der Waals surface area contributed by atoms with E-state index in [2.05, 4.69) is 15.9 Å². The van der Waals surface area contributed by atoms with Crippen molar-refractivity contribution in [2.24, 2.45) is 0 Å². The first kappa shape index (κ1) is 13.7. The number of hydrogen-bond donors (Lipinski definition) is 1. The largest absolute Gasteiger partial charge is 0.507 e. The summed E-state index contributed by atoms with van der Waals surface area (Å²) in [6, 6.07) is 4.50. The quantitative estimate of drug-likeness (QED) is 0.668. The molecule has 0 unspecified atom stereocenters. The van der Waals surface area contributed by atoms with Crippen molar-refractivity contribution in [1.82, 2.24) is 0 Å². The van der Waals surface area contributed by atoms with E-state index in [9.17, 15) is 14.7 Å². The maximum absolute atomic E-state index is 11.4. The van der Waals surface area contributed by atoms with Gasteiger partial charge in [0.2, 0.25) is 0 Å². The molecule has 0 aromatic heterocycles. The van der Waals surface area contributed by atoms with Gasteiger partial charge < -0.3 is 9.84 Å². The molecule has 1 rings (SSSR count). The van der Waals surface area contributed by atoms with Crippen LogP contribution in [0.3, 0.4) is 0 Å². The lowest BCUT2D eigenvalue weighted by Gasteiger charge is -2.06. The Kier molecular flexibility index (Phi) is 5.15. The zero-order valence-corrected chi connectivity index (χ0v) is 11.0. The van der Waals surface area contributed by atoms with Gasteiger partial charge >= 0.3 is 5.97 Å². The summed E-state index contributed by atoms with van der Waals surface area (Å²) in [6.45, 7) is 1.94. The third-order valence-corrected chi connectivity index (χ3v) is 2.73. The third kappa shape index (κ3) is 3.85. The van der Waals surface area contributed by atoms with E-state index in [0.717, 1.165) is 0 Å². The number of halogens is 1. The van der Waals surface area contributed by atoms with Crippen LogP contribution >= 0.6 is 15.9 Å². The molecule has 1 aromatic carbocycles. The highest BCUT2D eigenvalue weighted by molar-refractivity contribution is 9.09. The zero-order chi connectivity index (χ0) is 12.8. The second-order valence-electron chi connectivity index (χ2n) is 3.42. The molecule has 0 aliphatic rings. The number of phenolic OH excluding ortho intramolecular Hbond substituents is 1. The number of carbonyl (C=O) groups is 2. The molecule has 17 heavy (non-hydrogen) atoms. The minimum atomic E-state index is -0.566. The Labute approximate surface area is 108 Å². The molecule has 1 N–H and O–H groups in total. The Hall–Kier alpha value is -1.36. The van der Waals surface area contributed by atoms with Crippen molar-refractivity contribution >= 4 is 27.7 Å². The van der Waals surface area contributed by atoms with Crippen molar-refractivity contribution in [2.75, 3.05) is 11.9 Å². The van der Waals surface area contributed by atoms with Gasteiger partial charge in [-0.05, 0) is 24.6 Å². The van der Waals surface area contributed by atoms with E-state index in [0.29, 0.717) is 5.56 Å². The SMILES string of the molecule is CCOC(=O)c1ccc(CC(=O)CBr)cc1O. The van der Waals surface area contributed by atoms with Crippen LogP contribution in [0.1, 0.15) is 22.8 Å². The molecular weight excluding hydrogens is 288 g/mol. The van der Waals surface area contributed by atoms with Gasteiger partial charge in [-0.2, -0.15) is 0 Å². The fraction of sp³-hybridized carbons (Fsp3) is 0.333. The van der Waals surface area contributed by atoms with Gasteiger partial charge in [-0.15, -0.1) is 0 Å². The van der Waals surface area contributed by atoms with E-state index in [1.165, 1.54) is 12.1 Å². The maximum atomic E-state index is 11.4. The number of carbonyl (C=O) groups excluding carboxylic acids is 2. The predicted octanol–water partition coefficient (Wildman–Crippen LogP) is 2.08. The average Bonchev–Trinajstić information content (AvgIpc) is 2.29. The summed E-state index contributed by atoms with van der Waals surface area (Å²) in [5, 5.41) is 9.92. The minimum absolute atomic E-state index is 0.00767. The lowest BCUT2D eigenvalue weighted by atomic mass is 10.1. The number of aromatic hydroxyl groups is 1. The normalized spacial score (nSPS) is 10.0. The van der Waals surface area contributed by atoms with Crippen LogP contribution in [0.5, 0.6) is 5.75 Å². The number of alkyl halides is 1. The second-order valence-corrected chi connectivity index (χ2v) is 3.98. The maximum Gasteiger partial charge on any atom is 0.341 e. The van der Waals surface area contributed by atoms with Crippen LogP contribution < -0.4 is 0 Å². The Morgan fingerprint density at radius 2 is 2.12 bits per heavy atom. The summed E-state index contributed by atoms with van der Waals surface area (Å²) in [5.74, 6) is -0.722. The van der Waals surface area contributed by atoms with Gasteiger partial charge in [-0.25, -0.2) is 4.79 Å². The Morgan fingerprint density at radius 3 is 2.65 bits per heavy atom. The van der Waals surface area contributed by atoms with E-state index < -0.39 is 5.97 Å². The van der Waals surface area contributed by atoms with Crippen LogP contribution in [-0.4, -0.2) is 28.8 Å². The predicted molar refractivity (Wildman–Crippen MR) is 66.6 cm³/mol. The number of rotatable bonds is 5. The van der Waals surface area contributed by atoms with Gasteiger partial charge in [-0.3, -0.25) is 4.79 Å². The monoisotopic (exact) mass is 300 g/mol. The summed E-state index contributed by atoms with van der Waals surface area (Å²) in [4.78, 5) is 22.6. The molecule has 0 amide bonds. The van der Waals surface area contributed by atoms with Crippen molar-refractivity contribution in [3.05, 3.63) is 29.3 Å². The summed E-state index contributed by atoms with van der Waals surface area (Å²) in [5.41, 5.74) is 0.780. The summed E-state index contributed by atoms with van der Waals surface area (Å²) < 4.78 is 4.78. The molecule has 0 saturated heterocycles. The molecule has 0 fully saturated rings. The zero-order valence-electron chi connectivity index (χ0n) is 9.40. The molecule has 1 aromatic rings. The highest BCUT2D eigenvalue weighted by Crippen LogP contribution is 2.20. The van der Waals surface area contributed by atoms with Crippen molar-refractivity contribution in [2.45, 2.75) is 13.3 Å². The van der Waals surface area contributed by atoms with Crippen LogP contribution in [-0.2, 0) is 16.0 Å². The van der Waals surface area contributed by atoms with E-state index in [-0.39, 0.29) is 35.5 Å². The first-order valence-corrected chi connectivity index (χ1v) is 6.27. The molecule has 0 atom stereocenters. The molecule has 0 heterocycles. The number of hydrogen-bond acceptors (Lipinski definition) is 4. The Balaban J connectivity index is 2.86. The van der Waals surface area contributed by atoms with Crippen LogP contribution in [0.2, 0.25) is 0 Å². The molecule has 0 aliphatic heterocycles. The first-order chi connectivity index (χ1) is 8.08. The van der Waals surface area contributed by atoms with Crippen molar-refractivity contribution < 1.29 is 19.4 Å². The van der Waals surface area contributed by atoms with Gasteiger partial charge in [0, 0.05) is 6.42 Å². The van der Waals surface area contributed by atoms with E-state index in [4.69, 9.17) is 4.74 Å². The second kappa shape index (κ2) is 6.39. The Bertz CT molecular complexity index is 429. The summed E-state index contributed by atoms with van der Waals surface area (Å²) >= 11 is 3.06. The molecule has 4 nitrogen and oxygen atoms in total. The topological polar surface area (TPSA) is 63.6 Å². The van der Waals surface area contributed by atoms with Crippen LogP contribution in [0.15, 0.2) is 18.2 Å². The standard InChI is InChI=1S/C12H13BrO4/c1-2-17-12(16)10-4-3-8(6-11(10)15)5-9(14)7-13/h3-4,6,15H,2,5,7H2,1H3. The lowest BCUT2D eigenvalue weighted by molar-refractivity contribution is -0.115. The molecule has 5 heteroatoms. The van der Waals surface area contributed by atoms with Gasteiger partial charge in [0.05, 0.1) is 11.9 Å². The Morgan fingerprint density at radius 1 is 1.41 bits per heavy atom. The average molecular weight is 301 g/mol. The third-order valence-electron chi connectivity index (χ3n) is 2.11. The minimum Gasteiger partial charge on any atom is -0.507 e. The van der Waals surface area contributed by atoms with Crippen molar-refractivity contribution in [3.8, 4) is 5.75 Å². The molecule has 0 radical (unpaired) electrons. The van der Waals surface area contributed by atoms with Gasteiger partial charge in [0.15, 0.2) is 0 Å². The van der Waals surface area contributed by atoms with Crippen LogP contribution in [0, 0.1) is 0 Å². The molecule has 92 valence electrons. The van der Waals surface area contributed by atoms with Crippen LogP contribution in [0.25, 0.3) is 0 Å². The molecule has 0 saturated carbocycles. The molecule has 0 spiro atoms.